The number of hydrogen-bond donors (Lipinski definition) is 1. The SMILES string of the molecule is CC(C)CC(C)NC(=O)c1cc(F)cnc1Cl. The number of aromatic nitrogens is 1. The minimum Gasteiger partial charge on any atom is -0.349 e. The Balaban J connectivity index is 2.73. The summed E-state index contributed by atoms with van der Waals surface area (Å²) >= 11 is 5.74. The molecule has 0 fully saturated rings. The second-order valence-electron chi connectivity index (χ2n) is 4.50. The molecule has 0 spiro atoms. The van der Waals surface area contributed by atoms with Gasteiger partial charge in [-0.1, -0.05) is 25.4 Å². The predicted molar refractivity (Wildman–Crippen MR) is 65.6 cm³/mol. The van der Waals surface area contributed by atoms with Gasteiger partial charge in [-0.05, 0) is 25.3 Å². The van der Waals surface area contributed by atoms with Crippen molar-refractivity contribution in [2.75, 3.05) is 0 Å². The van der Waals surface area contributed by atoms with Crippen LogP contribution in [0.15, 0.2) is 12.3 Å². The average molecular weight is 259 g/mol. The number of carbonyl (C=O) groups is 1. The van der Waals surface area contributed by atoms with Gasteiger partial charge in [0.15, 0.2) is 0 Å². The maximum atomic E-state index is 13.0. The molecule has 0 aliphatic rings. The normalized spacial score (nSPS) is 12.6. The van der Waals surface area contributed by atoms with E-state index in [0.717, 1.165) is 18.7 Å². The highest BCUT2D eigenvalue weighted by atomic mass is 35.5. The average Bonchev–Trinajstić information content (AvgIpc) is 2.20. The molecule has 3 nitrogen and oxygen atoms in total. The standard InChI is InChI=1S/C12H16ClFN2O/c1-7(2)4-8(3)16-12(17)10-5-9(14)6-15-11(10)13/h5-8H,4H2,1-3H3,(H,16,17). The largest absolute Gasteiger partial charge is 0.349 e. The predicted octanol–water partition coefficient (Wildman–Crippen LogP) is 3.04. The molecule has 0 aliphatic heterocycles. The fraction of sp³-hybridized carbons (Fsp3) is 0.500. The summed E-state index contributed by atoms with van der Waals surface area (Å²) in [6, 6.07) is 1.11. The fourth-order valence-corrected chi connectivity index (χ4v) is 1.84. The number of amides is 1. The van der Waals surface area contributed by atoms with E-state index in [1.54, 1.807) is 0 Å². The van der Waals surface area contributed by atoms with E-state index in [-0.39, 0.29) is 16.8 Å². The minimum absolute atomic E-state index is 0.0145. The summed E-state index contributed by atoms with van der Waals surface area (Å²) < 4.78 is 13.0. The van der Waals surface area contributed by atoms with E-state index in [1.807, 2.05) is 6.92 Å². The molecule has 17 heavy (non-hydrogen) atoms. The Morgan fingerprint density at radius 1 is 1.53 bits per heavy atom. The molecule has 1 aromatic rings. The summed E-state index contributed by atoms with van der Waals surface area (Å²) in [7, 11) is 0. The molecule has 1 heterocycles. The molecule has 0 saturated heterocycles. The van der Waals surface area contributed by atoms with E-state index in [1.165, 1.54) is 0 Å². The zero-order valence-corrected chi connectivity index (χ0v) is 10.9. The summed E-state index contributed by atoms with van der Waals surface area (Å²) in [6.45, 7) is 6.04. The van der Waals surface area contributed by atoms with Crippen molar-refractivity contribution in [2.45, 2.75) is 33.2 Å². The third-order valence-corrected chi connectivity index (χ3v) is 2.55. The zero-order chi connectivity index (χ0) is 13.0. The van der Waals surface area contributed by atoms with Crippen LogP contribution in [-0.2, 0) is 0 Å². The summed E-state index contributed by atoms with van der Waals surface area (Å²) in [4.78, 5) is 15.4. The molecule has 0 saturated carbocycles. The first-order chi connectivity index (χ1) is 7.90. The molecule has 1 amide bonds. The lowest BCUT2D eigenvalue weighted by molar-refractivity contribution is 0.0935. The molecule has 1 aromatic heterocycles. The van der Waals surface area contributed by atoms with Gasteiger partial charge in [-0.15, -0.1) is 0 Å². The van der Waals surface area contributed by atoms with Gasteiger partial charge in [0.2, 0.25) is 0 Å². The Morgan fingerprint density at radius 2 is 2.18 bits per heavy atom. The van der Waals surface area contributed by atoms with Crippen molar-refractivity contribution in [3.05, 3.63) is 28.8 Å². The van der Waals surface area contributed by atoms with E-state index in [4.69, 9.17) is 11.6 Å². The van der Waals surface area contributed by atoms with Crippen molar-refractivity contribution < 1.29 is 9.18 Å². The molecule has 1 rings (SSSR count). The maximum absolute atomic E-state index is 13.0. The lowest BCUT2D eigenvalue weighted by Crippen LogP contribution is -2.33. The first-order valence-electron chi connectivity index (χ1n) is 5.52. The molecule has 5 heteroatoms. The monoisotopic (exact) mass is 258 g/mol. The van der Waals surface area contributed by atoms with E-state index >= 15 is 0 Å². The minimum atomic E-state index is -0.573. The van der Waals surface area contributed by atoms with Crippen LogP contribution in [0.2, 0.25) is 5.15 Å². The van der Waals surface area contributed by atoms with E-state index in [0.29, 0.717) is 5.92 Å². The molecular formula is C12H16ClFN2O. The fourth-order valence-electron chi connectivity index (χ4n) is 1.65. The highest BCUT2D eigenvalue weighted by Crippen LogP contribution is 2.14. The van der Waals surface area contributed by atoms with E-state index in [2.05, 4.69) is 24.1 Å². The number of halogens is 2. The van der Waals surface area contributed by atoms with Crippen LogP contribution in [-0.4, -0.2) is 16.9 Å². The molecule has 0 radical (unpaired) electrons. The van der Waals surface area contributed by atoms with Gasteiger partial charge in [-0.25, -0.2) is 9.37 Å². The topological polar surface area (TPSA) is 42.0 Å². The van der Waals surface area contributed by atoms with Crippen LogP contribution in [0.5, 0.6) is 0 Å². The third kappa shape index (κ3) is 4.30. The number of hydrogen-bond acceptors (Lipinski definition) is 2. The maximum Gasteiger partial charge on any atom is 0.254 e. The van der Waals surface area contributed by atoms with Gasteiger partial charge < -0.3 is 5.32 Å². The number of nitrogens with zero attached hydrogens (tertiary/aromatic N) is 1. The first-order valence-corrected chi connectivity index (χ1v) is 5.90. The van der Waals surface area contributed by atoms with Crippen LogP contribution in [0.1, 0.15) is 37.6 Å². The Kier molecular flexibility index (Phi) is 4.87. The number of pyridine rings is 1. The lowest BCUT2D eigenvalue weighted by Gasteiger charge is -2.16. The van der Waals surface area contributed by atoms with Crippen LogP contribution in [0, 0.1) is 11.7 Å². The Labute approximate surface area is 105 Å². The number of rotatable bonds is 4. The number of nitrogens with one attached hydrogen (secondary N) is 1. The van der Waals surface area contributed by atoms with Crippen LogP contribution in [0.4, 0.5) is 4.39 Å². The van der Waals surface area contributed by atoms with Crippen molar-refractivity contribution in [3.63, 3.8) is 0 Å². The molecule has 0 aliphatic carbocycles. The Bertz CT molecular complexity index is 409. The van der Waals surface area contributed by atoms with Crippen LogP contribution < -0.4 is 5.32 Å². The molecule has 1 atom stereocenters. The van der Waals surface area contributed by atoms with Gasteiger partial charge in [0.05, 0.1) is 11.8 Å². The second kappa shape index (κ2) is 5.96. The Morgan fingerprint density at radius 3 is 2.76 bits per heavy atom. The smallest absolute Gasteiger partial charge is 0.254 e. The second-order valence-corrected chi connectivity index (χ2v) is 4.85. The van der Waals surface area contributed by atoms with E-state index in [9.17, 15) is 9.18 Å². The molecule has 1 N–H and O–H groups in total. The molecule has 0 aromatic carbocycles. The Hall–Kier alpha value is -1.16. The van der Waals surface area contributed by atoms with Crippen LogP contribution in [0.3, 0.4) is 0 Å². The van der Waals surface area contributed by atoms with E-state index < -0.39 is 11.7 Å². The summed E-state index contributed by atoms with van der Waals surface area (Å²) in [5.41, 5.74) is 0.0715. The molecular weight excluding hydrogens is 243 g/mol. The highest BCUT2D eigenvalue weighted by molar-refractivity contribution is 6.32. The van der Waals surface area contributed by atoms with Crippen LogP contribution >= 0.6 is 11.6 Å². The highest BCUT2D eigenvalue weighted by Gasteiger charge is 2.15. The van der Waals surface area contributed by atoms with Gasteiger partial charge in [-0.3, -0.25) is 4.79 Å². The molecule has 0 bridgehead atoms. The van der Waals surface area contributed by atoms with Gasteiger partial charge in [-0.2, -0.15) is 0 Å². The summed E-state index contributed by atoms with van der Waals surface area (Å²) in [6.07, 6.45) is 1.84. The van der Waals surface area contributed by atoms with Crippen molar-refractivity contribution in [1.29, 1.82) is 0 Å². The number of carbonyl (C=O) groups excluding carboxylic acids is 1. The van der Waals surface area contributed by atoms with Crippen molar-refractivity contribution in [2.24, 2.45) is 5.92 Å². The zero-order valence-electron chi connectivity index (χ0n) is 10.1. The van der Waals surface area contributed by atoms with Crippen molar-refractivity contribution in [3.8, 4) is 0 Å². The lowest BCUT2D eigenvalue weighted by atomic mass is 10.1. The van der Waals surface area contributed by atoms with Gasteiger partial charge in [0, 0.05) is 6.04 Å². The molecule has 1 unspecified atom stereocenters. The summed E-state index contributed by atoms with van der Waals surface area (Å²) in [5.74, 6) is -0.488. The quantitative estimate of drug-likeness (QED) is 0.844. The van der Waals surface area contributed by atoms with Crippen molar-refractivity contribution in [1.82, 2.24) is 10.3 Å². The van der Waals surface area contributed by atoms with Crippen LogP contribution in [0.25, 0.3) is 0 Å². The van der Waals surface area contributed by atoms with Gasteiger partial charge in [0.1, 0.15) is 11.0 Å². The van der Waals surface area contributed by atoms with Gasteiger partial charge in [0.25, 0.3) is 5.91 Å². The summed E-state index contributed by atoms with van der Waals surface area (Å²) in [5, 5.41) is 2.78. The third-order valence-electron chi connectivity index (χ3n) is 2.25. The first kappa shape index (κ1) is 13.9. The van der Waals surface area contributed by atoms with Gasteiger partial charge >= 0.3 is 0 Å². The molecule has 94 valence electrons. The van der Waals surface area contributed by atoms with Crippen molar-refractivity contribution >= 4 is 17.5 Å².